The molecule has 2 aromatic carbocycles. The topological polar surface area (TPSA) is 34.6 Å². The Bertz CT molecular complexity index is 1060. The maximum Gasteiger partial charge on any atom is 0.161 e. The first-order chi connectivity index (χ1) is 14.7. The van der Waals surface area contributed by atoms with Gasteiger partial charge in [0.15, 0.2) is 11.5 Å². The first-order valence-corrected chi connectivity index (χ1v) is 10.8. The van der Waals surface area contributed by atoms with Crippen LogP contribution in [0.3, 0.4) is 0 Å². The van der Waals surface area contributed by atoms with E-state index in [1.54, 1.807) is 0 Å². The molecule has 3 aromatic rings. The van der Waals surface area contributed by atoms with Crippen molar-refractivity contribution in [3.05, 3.63) is 77.1 Å². The fraction of sp³-hybridized carbons (Fsp3) is 0.346. The number of hydrogen-bond acceptors (Lipinski definition) is 4. The normalized spacial score (nSPS) is 18.5. The van der Waals surface area contributed by atoms with E-state index in [4.69, 9.17) is 9.47 Å². The van der Waals surface area contributed by atoms with Gasteiger partial charge in [-0.05, 0) is 79.3 Å². The maximum atomic E-state index is 5.81. The minimum absolute atomic E-state index is 0.431. The van der Waals surface area contributed by atoms with Gasteiger partial charge < -0.3 is 9.47 Å². The largest absolute Gasteiger partial charge is 0.486 e. The van der Waals surface area contributed by atoms with Crippen LogP contribution in [0, 0.1) is 13.8 Å². The van der Waals surface area contributed by atoms with Gasteiger partial charge in [-0.15, -0.1) is 0 Å². The Balaban J connectivity index is 1.37. The fourth-order valence-corrected chi connectivity index (χ4v) is 4.69. The first kappa shape index (κ1) is 19.1. The summed E-state index contributed by atoms with van der Waals surface area (Å²) in [6, 6.07) is 15.8. The van der Waals surface area contributed by atoms with E-state index in [1.165, 1.54) is 46.2 Å². The highest BCUT2D eigenvalue weighted by molar-refractivity contribution is 5.67. The zero-order valence-electron chi connectivity index (χ0n) is 17.7. The summed E-state index contributed by atoms with van der Waals surface area (Å²) in [5, 5.41) is 0. The van der Waals surface area contributed by atoms with E-state index in [9.17, 15) is 0 Å². The van der Waals surface area contributed by atoms with Crippen LogP contribution in [0.25, 0.3) is 11.1 Å². The molecule has 0 spiro atoms. The van der Waals surface area contributed by atoms with Crippen molar-refractivity contribution in [1.82, 2.24) is 9.88 Å². The van der Waals surface area contributed by atoms with Gasteiger partial charge >= 0.3 is 0 Å². The molecule has 0 unspecified atom stereocenters. The second-order valence-corrected chi connectivity index (χ2v) is 8.36. The molecule has 30 heavy (non-hydrogen) atoms. The van der Waals surface area contributed by atoms with Gasteiger partial charge in [-0.2, -0.15) is 0 Å². The summed E-state index contributed by atoms with van der Waals surface area (Å²) >= 11 is 0. The van der Waals surface area contributed by atoms with Crippen LogP contribution < -0.4 is 9.47 Å². The van der Waals surface area contributed by atoms with Crippen LogP contribution in [0.4, 0.5) is 0 Å². The molecule has 4 nitrogen and oxygen atoms in total. The summed E-state index contributed by atoms with van der Waals surface area (Å²) in [5.41, 5.74) is 7.77. The van der Waals surface area contributed by atoms with E-state index in [0.717, 1.165) is 24.6 Å². The third kappa shape index (κ3) is 3.68. The highest BCUT2D eigenvalue weighted by atomic mass is 16.6. The van der Waals surface area contributed by atoms with Crippen molar-refractivity contribution >= 4 is 0 Å². The number of rotatable bonds is 4. The lowest BCUT2D eigenvalue weighted by molar-refractivity contribution is 0.170. The molecule has 1 fully saturated rings. The lowest BCUT2D eigenvalue weighted by Crippen LogP contribution is -2.23. The van der Waals surface area contributed by atoms with Gasteiger partial charge in [-0.3, -0.25) is 9.88 Å². The molecule has 0 bridgehead atoms. The van der Waals surface area contributed by atoms with Crippen molar-refractivity contribution in [3.8, 4) is 22.6 Å². The first-order valence-electron chi connectivity index (χ1n) is 10.8. The third-order valence-corrected chi connectivity index (χ3v) is 6.38. The molecular weight excluding hydrogens is 372 g/mol. The lowest BCUT2D eigenvalue weighted by Gasteiger charge is -2.27. The molecule has 1 aromatic heterocycles. The van der Waals surface area contributed by atoms with Crippen LogP contribution in [0.15, 0.2) is 54.9 Å². The zero-order chi connectivity index (χ0) is 20.5. The molecule has 1 saturated heterocycles. The molecule has 2 aliphatic rings. The molecule has 0 N–H and O–H groups in total. The number of hydrogen-bond donors (Lipinski definition) is 0. The quantitative estimate of drug-likeness (QED) is 0.581. The Hall–Kier alpha value is -2.85. The molecule has 154 valence electrons. The Morgan fingerprint density at radius 2 is 1.83 bits per heavy atom. The van der Waals surface area contributed by atoms with Gasteiger partial charge in [-0.25, -0.2) is 0 Å². The summed E-state index contributed by atoms with van der Waals surface area (Å²) in [5.74, 6) is 1.75. The SMILES string of the molecule is Cc1cc(-c2cnccc2C)ccc1CN1CCC[C@H]1c1ccc2c(c1)OCCO2. The molecule has 0 radical (unpaired) electrons. The number of ether oxygens (including phenoxy) is 2. The monoisotopic (exact) mass is 400 g/mol. The number of aryl methyl sites for hydroxylation is 2. The third-order valence-electron chi connectivity index (χ3n) is 6.38. The Labute approximate surface area is 178 Å². The van der Waals surface area contributed by atoms with E-state index in [1.807, 2.05) is 12.4 Å². The smallest absolute Gasteiger partial charge is 0.161 e. The second-order valence-electron chi connectivity index (χ2n) is 8.36. The molecule has 1 atom stereocenters. The van der Waals surface area contributed by atoms with E-state index < -0.39 is 0 Å². The van der Waals surface area contributed by atoms with Gasteiger partial charge in [-0.1, -0.05) is 24.3 Å². The maximum absolute atomic E-state index is 5.81. The van der Waals surface area contributed by atoms with Crippen LogP contribution in [0.1, 0.15) is 41.1 Å². The van der Waals surface area contributed by atoms with Crippen LogP contribution in [0.5, 0.6) is 11.5 Å². The van der Waals surface area contributed by atoms with E-state index in [2.05, 4.69) is 66.2 Å². The van der Waals surface area contributed by atoms with E-state index >= 15 is 0 Å². The van der Waals surface area contributed by atoms with Gasteiger partial charge in [0, 0.05) is 30.5 Å². The minimum atomic E-state index is 0.431. The molecule has 0 saturated carbocycles. The van der Waals surface area contributed by atoms with Gasteiger partial charge in [0.25, 0.3) is 0 Å². The molecule has 3 heterocycles. The predicted octanol–water partition coefficient (Wildman–Crippen LogP) is 5.47. The molecule has 2 aliphatic heterocycles. The zero-order valence-corrected chi connectivity index (χ0v) is 17.7. The summed E-state index contributed by atoms with van der Waals surface area (Å²) in [6.45, 7) is 7.73. The number of likely N-dealkylation sites (tertiary alicyclic amines) is 1. The Morgan fingerprint density at radius 3 is 2.67 bits per heavy atom. The van der Waals surface area contributed by atoms with Crippen molar-refractivity contribution in [3.63, 3.8) is 0 Å². The Kier molecular flexibility index (Phi) is 5.17. The van der Waals surface area contributed by atoms with Crippen molar-refractivity contribution in [2.45, 2.75) is 39.3 Å². The predicted molar refractivity (Wildman–Crippen MR) is 119 cm³/mol. The summed E-state index contributed by atoms with van der Waals surface area (Å²) in [7, 11) is 0. The number of benzene rings is 2. The van der Waals surface area contributed by atoms with Crippen molar-refractivity contribution in [2.24, 2.45) is 0 Å². The highest BCUT2D eigenvalue weighted by Crippen LogP contribution is 2.39. The molecule has 4 heteroatoms. The van der Waals surface area contributed by atoms with Gasteiger partial charge in [0.1, 0.15) is 13.2 Å². The summed E-state index contributed by atoms with van der Waals surface area (Å²) in [4.78, 5) is 6.90. The van der Waals surface area contributed by atoms with E-state index in [-0.39, 0.29) is 0 Å². The van der Waals surface area contributed by atoms with Crippen LogP contribution in [-0.2, 0) is 6.54 Å². The molecule has 5 rings (SSSR count). The molecule has 0 amide bonds. The Morgan fingerprint density at radius 1 is 0.967 bits per heavy atom. The van der Waals surface area contributed by atoms with Crippen LogP contribution in [0.2, 0.25) is 0 Å². The average Bonchev–Trinajstić information content (AvgIpc) is 3.23. The number of aromatic nitrogens is 1. The highest BCUT2D eigenvalue weighted by Gasteiger charge is 2.27. The fourth-order valence-electron chi connectivity index (χ4n) is 4.69. The second kappa shape index (κ2) is 8.11. The average molecular weight is 401 g/mol. The van der Waals surface area contributed by atoms with Crippen LogP contribution >= 0.6 is 0 Å². The van der Waals surface area contributed by atoms with Crippen molar-refractivity contribution in [1.29, 1.82) is 0 Å². The number of nitrogens with zero attached hydrogens (tertiary/aromatic N) is 2. The van der Waals surface area contributed by atoms with Crippen molar-refractivity contribution in [2.75, 3.05) is 19.8 Å². The number of pyridine rings is 1. The standard InChI is InChI=1S/C26H28N2O2/c1-18-9-10-27-16-23(18)20-5-6-22(19(2)14-20)17-28-11-3-4-24(28)21-7-8-25-26(15-21)30-13-12-29-25/h5-10,14-16,24H,3-4,11-13,17H2,1-2H3/t24-/m0/s1. The van der Waals surface area contributed by atoms with Gasteiger partial charge in [0.2, 0.25) is 0 Å². The van der Waals surface area contributed by atoms with E-state index in [0.29, 0.717) is 19.3 Å². The lowest BCUT2D eigenvalue weighted by atomic mass is 9.97. The van der Waals surface area contributed by atoms with Gasteiger partial charge in [0.05, 0.1) is 0 Å². The van der Waals surface area contributed by atoms with Crippen LogP contribution in [-0.4, -0.2) is 29.6 Å². The summed E-state index contributed by atoms with van der Waals surface area (Å²) < 4.78 is 11.5. The van der Waals surface area contributed by atoms with Crippen molar-refractivity contribution < 1.29 is 9.47 Å². The molecular formula is C26H28N2O2. The minimum Gasteiger partial charge on any atom is -0.486 e. The number of fused-ring (bicyclic) bond motifs is 1. The molecule has 0 aliphatic carbocycles. The summed E-state index contributed by atoms with van der Waals surface area (Å²) in [6.07, 6.45) is 6.23.